The normalized spacial score (nSPS) is 14.9. The number of amides is 1. The number of carbonyl (C=O) groups is 1. The fourth-order valence-corrected chi connectivity index (χ4v) is 5.08. The number of imidazole rings is 1. The molecule has 1 aliphatic heterocycles. The number of hydrogen-bond donors (Lipinski definition) is 1. The highest BCUT2D eigenvalue weighted by Crippen LogP contribution is 2.21. The molecule has 1 aliphatic rings. The molecule has 3 aromatic rings. The monoisotopic (exact) mass is 454 g/mol. The van der Waals surface area contributed by atoms with Crippen molar-refractivity contribution in [1.82, 2.24) is 19.2 Å². The zero-order valence-corrected chi connectivity index (χ0v) is 18.9. The van der Waals surface area contributed by atoms with Crippen LogP contribution in [0.5, 0.6) is 0 Å². The first kappa shape index (κ1) is 22.2. The first-order valence-electron chi connectivity index (χ1n) is 10.4. The van der Waals surface area contributed by atoms with Crippen LogP contribution in [0.1, 0.15) is 27.3 Å². The molecule has 1 N–H and O–H groups in total. The first-order valence-corrected chi connectivity index (χ1v) is 11.9. The van der Waals surface area contributed by atoms with E-state index in [-0.39, 0.29) is 10.8 Å². The maximum absolute atomic E-state index is 12.9. The summed E-state index contributed by atoms with van der Waals surface area (Å²) < 4.78 is 34.5. The van der Waals surface area contributed by atoms with Crippen molar-refractivity contribution >= 4 is 15.9 Å². The van der Waals surface area contributed by atoms with Crippen molar-refractivity contribution in [3.05, 3.63) is 77.4 Å². The predicted octanol–water partition coefficient (Wildman–Crippen LogP) is 2.44. The highest BCUT2D eigenvalue weighted by Gasteiger charge is 2.27. The summed E-state index contributed by atoms with van der Waals surface area (Å²) in [7, 11) is -3.67. The summed E-state index contributed by atoms with van der Waals surface area (Å²) in [6.07, 6.45) is 3.64. The van der Waals surface area contributed by atoms with Crippen LogP contribution in [0.15, 0.2) is 59.8 Å². The Morgan fingerprint density at radius 2 is 1.81 bits per heavy atom. The molecule has 0 radical (unpaired) electrons. The Kier molecular flexibility index (Phi) is 6.40. The molecule has 0 unspecified atom stereocenters. The molecule has 4 rings (SSSR count). The van der Waals surface area contributed by atoms with Crippen LogP contribution in [0.3, 0.4) is 0 Å². The molecule has 168 valence electrons. The van der Waals surface area contributed by atoms with Crippen LogP contribution in [0, 0.1) is 13.8 Å². The van der Waals surface area contributed by atoms with Gasteiger partial charge >= 0.3 is 0 Å². The van der Waals surface area contributed by atoms with Gasteiger partial charge in [-0.05, 0) is 49.2 Å². The second-order valence-corrected chi connectivity index (χ2v) is 9.62. The third-order valence-electron chi connectivity index (χ3n) is 5.55. The third-order valence-corrected chi connectivity index (χ3v) is 7.45. The zero-order valence-electron chi connectivity index (χ0n) is 18.1. The van der Waals surface area contributed by atoms with Crippen molar-refractivity contribution in [3.8, 4) is 5.69 Å². The molecule has 2 heterocycles. The molecule has 32 heavy (non-hydrogen) atoms. The summed E-state index contributed by atoms with van der Waals surface area (Å²) in [5.74, 6) is 0.587. The van der Waals surface area contributed by atoms with E-state index < -0.39 is 10.0 Å². The first-order chi connectivity index (χ1) is 15.4. The van der Waals surface area contributed by atoms with Crippen molar-refractivity contribution in [1.29, 1.82) is 0 Å². The minimum absolute atomic E-state index is 0.121. The number of rotatable bonds is 6. The highest BCUT2D eigenvalue weighted by atomic mass is 32.2. The lowest BCUT2D eigenvalue weighted by molar-refractivity contribution is 0.0730. The molecule has 1 amide bonds. The number of aryl methyl sites for hydroxylation is 2. The maximum atomic E-state index is 12.9. The van der Waals surface area contributed by atoms with Gasteiger partial charge in [-0.15, -0.1) is 0 Å². The topological polar surface area (TPSA) is 93.5 Å². The molecular formula is C23H26N4O4S. The average Bonchev–Trinajstić information content (AvgIpc) is 3.24. The quantitative estimate of drug-likeness (QED) is 0.618. The number of nitrogens with zero attached hydrogens (tertiary/aromatic N) is 3. The fraction of sp³-hybridized carbons (Fsp3) is 0.304. The smallest absolute Gasteiger partial charge is 0.251 e. The van der Waals surface area contributed by atoms with Crippen molar-refractivity contribution in [3.63, 3.8) is 0 Å². The summed E-state index contributed by atoms with van der Waals surface area (Å²) in [6, 6.07) is 12.5. The van der Waals surface area contributed by atoms with E-state index in [9.17, 15) is 13.2 Å². The molecule has 2 aromatic carbocycles. The van der Waals surface area contributed by atoms with Gasteiger partial charge in [0.2, 0.25) is 10.0 Å². The zero-order chi connectivity index (χ0) is 22.7. The van der Waals surface area contributed by atoms with Crippen LogP contribution in [0.4, 0.5) is 0 Å². The summed E-state index contributed by atoms with van der Waals surface area (Å²) in [5, 5.41) is 2.89. The van der Waals surface area contributed by atoms with Crippen molar-refractivity contribution in [2.45, 2.75) is 25.3 Å². The van der Waals surface area contributed by atoms with E-state index in [1.807, 2.05) is 42.0 Å². The molecule has 0 aliphatic carbocycles. The van der Waals surface area contributed by atoms with E-state index >= 15 is 0 Å². The lowest BCUT2D eigenvalue weighted by Crippen LogP contribution is -2.40. The Labute approximate surface area is 187 Å². The molecule has 9 heteroatoms. The molecule has 8 nitrogen and oxygen atoms in total. The number of hydrogen-bond acceptors (Lipinski definition) is 5. The van der Waals surface area contributed by atoms with Crippen LogP contribution in [-0.4, -0.2) is 54.5 Å². The van der Waals surface area contributed by atoms with Crippen LogP contribution in [0.25, 0.3) is 5.69 Å². The lowest BCUT2D eigenvalue weighted by Gasteiger charge is -2.26. The van der Waals surface area contributed by atoms with Crippen LogP contribution < -0.4 is 5.32 Å². The molecule has 0 atom stereocenters. The standard InChI is InChI=1S/C23H26N4O4S/c1-17-3-8-21(32(29,30)26-11-13-31-14-12-26)15-22(17)23(28)25-16-19-4-6-20(7-5-19)27-10-9-24-18(27)2/h3-10,15H,11-14,16H2,1-2H3,(H,25,28). The van der Waals surface area contributed by atoms with Gasteiger partial charge in [0.15, 0.2) is 0 Å². The Morgan fingerprint density at radius 1 is 1.09 bits per heavy atom. The fourth-order valence-electron chi connectivity index (χ4n) is 3.65. The van der Waals surface area contributed by atoms with Gasteiger partial charge in [0.25, 0.3) is 5.91 Å². The lowest BCUT2D eigenvalue weighted by atomic mass is 10.1. The summed E-state index contributed by atoms with van der Waals surface area (Å²) in [6.45, 7) is 5.43. The van der Waals surface area contributed by atoms with E-state index in [0.29, 0.717) is 44.0 Å². The minimum atomic E-state index is -3.67. The minimum Gasteiger partial charge on any atom is -0.379 e. The van der Waals surface area contributed by atoms with E-state index in [1.54, 1.807) is 25.3 Å². The van der Waals surface area contributed by atoms with Gasteiger partial charge in [0, 0.05) is 43.3 Å². The molecule has 1 saturated heterocycles. The highest BCUT2D eigenvalue weighted by molar-refractivity contribution is 7.89. The van der Waals surface area contributed by atoms with Gasteiger partial charge in [0.1, 0.15) is 5.82 Å². The summed E-state index contributed by atoms with van der Waals surface area (Å²) >= 11 is 0. The number of carbonyl (C=O) groups excluding carboxylic acids is 1. The number of ether oxygens (including phenoxy) is 1. The van der Waals surface area contributed by atoms with Crippen LogP contribution in [-0.2, 0) is 21.3 Å². The predicted molar refractivity (Wildman–Crippen MR) is 120 cm³/mol. The molecule has 0 saturated carbocycles. The van der Waals surface area contributed by atoms with E-state index in [2.05, 4.69) is 10.3 Å². The van der Waals surface area contributed by atoms with Crippen molar-refractivity contribution < 1.29 is 17.9 Å². The van der Waals surface area contributed by atoms with Gasteiger partial charge in [0.05, 0.1) is 18.1 Å². The van der Waals surface area contributed by atoms with Crippen molar-refractivity contribution in [2.24, 2.45) is 0 Å². The Bertz CT molecular complexity index is 1210. The molecular weight excluding hydrogens is 428 g/mol. The molecule has 0 bridgehead atoms. The second kappa shape index (κ2) is 9.23. The van der Waals surface area contributed by atoms with Gasteiger partial charge in [-0.1, -0.05) is 18.2 Å². The summed E-state index contributed by atoms with van der Waals surface area (Å²) in [5.41, 5.74) is 3.00. The Hall–Kier alpha value is -3.01. The Morgan fingerprint density at radius 3 is 2.47 bits per heavy atom. The maximum Gasteiger partial charge on any atom is 0.251 e. The third kappa shape index (κ3) is 4.59. The van der Waals surface area contributed by atoms with Gasteiger partial charge in [-0.2, -0.15) is 4.31 Å². The van der Waals surface area contributed by atoms with Crippen molar-refractivity contribution in [2.75, 3.05) is 26.3 Å². The number of morpholine rings is 1. The van der Waals surface area contributed by atoms with E-state index in [4.69, 9.17) is 4.74 Å². The average molecular weight is 455 g/mol. The van der Waals surface area contributed by atoms with E-state index in [0.717, 1.165) is 17.1 Å². The van der Waals surface area contributed by atoms with Crippen LogP contribution >= 0.6 is 0 Å². The number of sulfonamides is 1. The number of aromatic nitrogens is 2. The summed E-state index contributed by atoms with van der Waals surface area (Å²) in [4.78, 5) is 17.2. The van der Waals surface area contributed by atoms with Gasteiger partial charge < -0.3 is 14.6 Å². The van der Waals surface area contributed by atoms with E-state index in [1.165, 1.54) is 10.4 Å². The largest absolute Gasteiger partial charge is 0.379 e. The molecule has 1 fully saturated rings. The van der Waals surface area contributed by atoms with Gasteiger partial charge in [-0.3, -0.25) is 4.79 Å². The number of benzene rings is 2. The Balaban J connectivity index is 1.46. The number of nitrogens with one attached hydrogen (secondary N) is 1. The molecule has 1 aromatic heterocycles. The second-order valence-electron chi connectivity index (χ2n) is 7.69. The van der Waals surface area contributed by atoms with Crippen LogP contribution in [0.2, 0.25) is 0 Å². The SMILES string of the molecule is Cc1ccc(S(=O)(=O)N2CCOCC2)cc1C(=O)NCc1ccc(-n2ccnc2C)cc1. The van der Waals surface area contributed by atoms with Gasteiger partial charge in [-0.25, -0.2) is 13.4 Å². The molecule has 0 spiro atoms.